The number of nitriles is 2. The number of hydrogen-bond acceptors (Lipinski definition) is 5. The summed E-state index contributed by atoms with van der Waals surface area (Å²) in [7, 11) is 0. The van der Waals surface area contributed by atoms with Gasteiger partial charge in [0.2, 0.25) is 0 Å². The number of halogens is 6. The molecule has 8 aromatic carbocycles. The Morgan fingerprint density at radius 3 is 1.36 bits per heavy atom. The summed E-state index contributed by atoms with van der Waals surface area (Å²) in [6, 6.07) is 54.5. The van der Waals surface area contributed by atoms with Gasteiger partial charge in [-0.15, -0.1) is 0 Å². The fourth-order valence-electron chi connectivity index (χ4n) is 8.40. The van der Waals surface area contributed by atoms with Crippen LogP contribution < -0.4 is 0 Å². The van der Waals surface area contributed by atoms with Gasteiger partial charge in [0.1, 0.15) is 0 Å². The molecule has 2 heterocycles. The minimum atomic E-state index is -5.22. The largest absolute Gasteiger partial charge is 0.417 e. The molecule has 0 saturated carbocycles. The first-order valence-corrected chi connectivity index (χ1v) is 20.8. The molecule has 67 heavy (non-hydrogen) atoms. The molecule has 0 fully saturated rings. The van der Waals surface area contributed by atoms with Gasteiger partial charge in [0.05, 0.1) is 45.4 Å². The van der Waals surface area contributed by atoms with Gasteiger partial charge in [0.15, 0.2) is 17.5 Å². The molecule has 0 amide bonds. The highest BCUT2D eigenvalue weighted by molar-refractivity contribution is 6.11. The van der Waals surface area contributed by atoms with E-state index in [1.165, 1.54) is 6.07 Å². The first-order valence-electron chi connectivity index (χ1n) is 20.8. The van der Waals surface area contributed by atoms with Crippen LogP contribution in [0.5, 0.6) is 0 Å². The van der Waals surface area contributed by atoms with E-state index < -0.39 is 29.0 Å². The van der Waals surface area contributed by atoms with Crippen molar-refractivity contribution in [1.29, 1.82) is 10.5 Å². The smallest absolute Gasteiger partial charge is 0.309 e. The average molecular weight is 889 g/mol. The fraction of sp³-hybridized carbons (Fsp3) is 0.0364. The molecule has 0 saturated heterocycles. The maximum atomic E-state index is 15.3. The van der Waals surface area contributed by atoms with Gasteiger partial charge in [-0.05, 0) is 100 Å². The zero-order chi connectivity index (χ0) is 46.5. The number of fused-ring (bicyclic) bond motifs is 3. The second kappa shape index (κ2) is 16.6. The Kier molecular flexibility index (Phi) is 10.4. The Morgan fingerprint density at radius 2 is 0.866 bits per heavy atom. The van der Waals surface area contributed by atoms with Gasteiger partial charge in [-0.2, -0.15) is 36.9 Å². The molecule has 10 rings (SSSR count). The minimum Gasteiger partial charge on any atom is -0.309 e. The Bertz CT molecular complexity index is 3470. The van der Waals surface area contributed by atoms with E-state index in [0.717, 1.165) is 39.1 Å². The molecule has 2 aromatic heterocycles. The molecule has 322 valence electrons. The van der Waals surface area contributed by atoms with E-state index in [1.807, 2.05) is 65.2 Å². The van der Waals surface area contributed by atoms with Crippen LogP contribution in [0.25, 0.3) is 95.0 Å². The average Bonchev–Trinajstić information content (AvgIpc) is 3.68. The number of rotatable bonds is 7. The fourth-order valence-corrected chi connectivity index (χ4v) is 8.40. The number of nitrogens with zero attached hydrogens (tertiary/aromatic N) is 6. The lowest BCUT2D eigenvalue weighted by molar-refractivity contribution is -0.142. The summed E-state index contributed by atoms with van der Waals surface area (Å²) >= 11 is 0. The van der Waals surface area contributed by atoms with E-state index in [0.29, 0.717) is 45.0 Å². The van der Waals surface area contributed by atoms with E-state index >= 15 is 13.2 Å². The van der Waals surface area contributed by atoms with Crippen molar-refractivity contribution in [2.45, 2.75) is 12.4 Å². The second-order valence-corrected chi connectivity index (χ2v) is 15.7. The molecule has 0 aliphatic heterocycles. The standard InChI is InChI=1S/C55H30F6N6/c56-54(57,58)41-19-23-43(48(29-41)55(59,60)61)47-30-42(20-24-46(47)53-65-51(35-11-3-1-4-12-35)64-52(66-53)36-13-5-2-6-14-36)67-49-27-39(37-15-7-9-33(25-37)31-62)17-21-44(49)45-22-18-40(28-50(45)67)38-16-8-10-34(26-38)32-63/h1-30H. The summed E-state index contributed by atoms with van der Waals surface area (Å²) in [4.78, 5) is 14.4. The van der Waals surface area contributed by atoms with Crippen LogP contribution in [0.2, 0.25) is 0 Å². The summed E-state index contributed by atoms with van der Waals surface area (Å²) in [5.41, 5.74) is 3.32. The number of benzene rings is 8. The van der Waals surface area contributed by atoms with Gasteiger partial charge in [-0.1, -0.05) is 115 Å². The second-order valence-electron chi connectivity index (χ2n) is 15.7. The summed E-state index contributed by atoms with van der Waals surface area (Å²) in [5.74, 6) is 0.446. The van der Waals surface area contributed by atoms with E-state index in [2.05, 4.69) is 12.1 Å². The number of hydrogen-bond donors (Lipinski definition) is 0. The van der Waals surface area contributed by atoms with E-state index in [4.69, 9.17) is 15.0 Å². The molecule has 0 N–H and O–H groups in total. The summed E-state index contributed by atoms with van der Waals surface area (Å²) in [6.07, 6.45) is -10.3. The molecule has 0 atom stereocenters. The Morgan fingerprint density at radius 1 is 0.388 bits per heavy atom. The van der Waals surface area contributed by atoms with Gasteiger partial charge in [-0.25, -0.2) is 15.0 Å². The molecular weight excluding hydrogens is 859 g/mol. The molecule has 0 spiro atoms. The van der Waals surface area contributed by atoms with Gasteiger partial charge in [-0.3, -0.25) is 0 Å². The monoisotopic (exact) mass is 888 g/mol. The van der Waals surface area contributed by atoms with Crippen molar-refractivity contribution < 1.29 is 26.3 Å². The topological polar surface area (TPSA) is 91.2 Å². The van der Waals surface area contributed by atoms with Crippen LogP contribution in [0.1, 0.15) is 22.3 Å². The number of aromatic nitrogens is 4. The summed E-state index contributed by atoms with van der Waals surface area (Å²) in [6.45, 7) is 0. The molecule has 0 bridgehead atoms. The highest BCUT2D eigenvalue weighted by atomic mass is 19.4. The van der Waals surface area contributed by atoms with Crippen LogP contribution in [0.3, 0.4) is 0 Å². The van der Waals surface area contributed by atoms with Crippen molar-refractivity contribution in [3.05, 3.63) is 204 Å². The molecule has 10 aromatic rings. The normalized spacial score (nSPS) is 11.7. The van der Waals surface area contributed by atoms with E-state index in [1.54, 1.807) is 97.1 Å². The lowest BCUT2D eigenvalue weighted by Crippen LogP contribution is -2.12. The maximum Gasteiger partial charge on any atom is 0.417 e. The van der Waals surface area contributed by atoms with Crippen LogP contribution >= 0.6 is 0 Å². The van der Waals surface area contributed by atoms with Crippen molar-refractivity contribution in [3.8, 4) is 85.4 Å². The lowest BCUT2D eigenvalue weighted by atomic mass is 9.92. The SMILES string of the molecule is N#Cc1cccc(-c2ccc3c4ccc(-c5cccc(C#N)c5)cc4n(-c4ccc(-c5nc(-c6ccccc6)nc(-c6ccccc6)n5)c(-c5ccc(C(F)(F)F)cc5C(F)(F)F)c4)c3c2)c1. The third-order valence-corrected chi connectivity index (χ3v) is 11.6. The third kappa shape index (κ3) is 8.02. The molecular formula is C55H30F6N6. The zero-order valence-corrected chi connectivity index (χ0v) is 34.8. The summed E-state index contributed by atoms with van der Waals surface area (Å²) in [5, 5.41) is 21.0. The van der Waals surface area contributed by atoms with Crippen LogP contribution in [-0.4, -0.2) is 19.5 Å². The van der Waals surface area contributed by atoms with Crippen molar-refractivity contribution in [2.75, 3.05) is 0 Å². The predicted molar refractivity (Wildman–Crippen MR) is 246 cm³/mol. The van der Waals surface area contributed by atoms with Crippen molar-refractivity contribution in [3.63, 3.8) is 0 Å². The van der Waals surface area contributed by atoms with Crippen LogP contribution in [0, 0.1) is 22.7 Å². The molecule has 0 radical (unpaired) electrons. The Balaban J connectivity index is 1.30. The molecule has 6 nitrogen and oxygen atoms in total. The molecule has 12 heteroatoms. The molecule has 0 aliphatic rings. The molecule has 0 unspecified atom stereocenters. The van der Waals surface area contributed by atoms with Crippen molar-refractivity contribution >= 4 is 21.8 Å². The Hall–Kier alpha value is -8.87. The predicted octanol–water partition coefficient (Wildman–Crippen LogP) is 14.8. The quantitative estimate of drug-likeness (QED) is 0.149. The Labute approximate surface area is 379 Å². The van der Waals surface area contributed by atoms with Crippen LogP contribution in [0.15, 0.2) is 182 Å². The molecule has 0 aliphatic carbocycles. The first kappa shape index (κ1) is 42.1. The highest BCUT2D eigenvalue weighted by Crippen LogP contribution is 2.45. The first-order chi connectivity index (χ1) is 32.4. The van der Waals surface area contributed by atoms with E-state index in [9.17, 15) is 23.7 Å². The van der Waals surface area contributed by atoms with Crippen LogP contribution in [-0.2, 0) is 12.4 Å². The maximum absolute atomic E-state index is 15.3. The minimum absolute atomic E-state index is 0.0103. The number of alkyl halides is 6. The van der Waals surface area contributed by atoms with Crippen molar-refractivity contribution in [1.82, 2.24) is 19.5 Å². The lowest BCUT2D eigenvalue weighted by Gasteiger charge is -2.20. The zero-order valence-electron chi connectivity index (χ0n) is 34.8. The highest BCUT2D eigenvalue weighted by Gasteiger charge is 2.39. The summed E-state index contributed by atoms with van der Waals surface area (Å²) < 4.78 is 90.2. The van der Waals surface area contributed by atoms with Crippen LogP contribution in [0.4, 0.5) is 26.3 Å². The van der Waals surface area contributed by atoms with Gasteiger partial charge < -0.3 is 4.57 Å². The van der Waals surface area contributed by atoms with Gasteiger partial charge >= 0.3 is 12.4 Å². The van der Waals surface area contributed by atoms with Crippen molar-refractivity contribution in [2.24, 2.45) is 0 Å². The van der Waals surface area contributed by atoms with Gasteiger partial charge in [0, 0.05) is 33.2 Å². The van der Waals surface area contributed by atoms with Gasteiger partial charge in [0.25, 0.3) is 0 Å². The van der Waals surface area contributed by atoms with E-state index in [-0.39, 0.29) is 34.7 Å². The third-order valence-electron chi connectivity index (χ3n) is 11.6.